The summed E-state index contributed by atoms with van der Waals surface area (Å²) in [4.78, 5) is 21.3. The summed E-state index contributed by atoms with van der Waals surface area (Å²) in [6, 6.07) is 7.60. The van der Waals surface area contributed by atoms with Gasteiger partial charge in [-0.15, -0.1) is 0 Å². The number of aromatic nitrogens is 2. The zero-order valence-electron chi connectivity index (χ0n) is 13.0. The Labute approximate surface area is 133 Å². The van der Waals surface area contributed by atoms with Gasteiger partial charge in [-0.25, -0.2) is 0 Å². The Morgan fingerprint density at radius 1 is 1.35 bits per heavy atom. The van der Waals surface area contributed by atoms with Gasteiger partial charge in [-0.2, -0.15) is 4.98 Å². The highest BCUT2D eigenvalue weighted by molar-refractivity contribution is 5.93. The average Bonchev–Trinajstić information content (AvgIpc) is 3.24. The molecule has 1 N–H and O–H groups in total. The van der Waals surface area contributed by atoms with Gasteiger partial charge in [0.25, 0.3) is 5.91 Å². The van der Waals surface area contributed by atoms with Crippen molar-refractivity contribution < 1.29 is 14.2 Å². The lowest BCUT2D eigenvalue weighted by Crippen LogP contribution is -2.34. The molecule has 1 aromatic heterocycles. The van der Waals surface area contributed by atoms with Crippen LogP contribution in [0.1, 0.15) is 25.8 Å². The largest absolute Gasteiger partial charge is 0.382 e. The van der Waals surface area contributed by atoms with Gasteiger partial charge in [0, 0.05) is 18.5 Å². The summed E-state index contributed by atoms with van der Waals surface area (Å²) in [7, 11) is 0. The third kappa shape index (κ3) is 3.56. The lowest BCUT2D eigenvalue weighted by atomic mass is 10.0. The molecule has 120 valence electrons. The van der Waals surface area contributed by atoms with Crippen molar-refractivity contribution in [1.29, 1.82) is 0 Å². The first-order valence-electron chi connectivity index (χ1n) is 7.49. The van der Waals surface area contributed by atoms with Crippen LogP contribution < -0.4 is 5.32 Å². The van der Waals surface area contributed by atoms with Crippen LogP contribution in [0.25, 0.3) is 11.4 Å². The van der Waals surface area contributed by atoms with Gasteiger partial charge in [0.1, 0.15) is 0 Å². The SMILES string of the molecule is CC(C)C1=NO[C@H](C(=O)NCc2ccc(-c3ncon3)cc2)C1. The van der Waals surface area contributed by atoms with Crippen LogP contribution in [0.3, 0.4) is 0 Å². The van der Waals surface area contributed by atoms with Gasteiger partial charge in [0.15, 0.2) is 0 Å². The van der Waals surface area contributed by atoms with Crippen LogP contribution in [0.5, 0.6) is 0 Å². The van der Waals surface area contributed by atoms with Crippen molar-refractivity contribution in [3.05, 3.63) is 36.2 Å². The van der Waals surface area contributed by atoms with E-state index in [0.29, 0.717) is 24.7 Å². The molecule has 0 fully saturated rings. The molecular formula is C16H18N4O3. The molecule has 1 atom stereocenters. The smallest absolute Gasteiger partial charge is 0.264 e. The lowest BCUT2D eigenvalue weighted by molar-refractivity contribution is -0.131. The Balaban J connectivity index is 1.52. The Bertz CT molecular complexity index is 693. The summed E-state index contributed by atoms with van der Waals surface area (Å²) in [6.07, 6.45) is 1.32. The predicted octanol–water partition coefficient (Wildman–Crippen LogP) is 2.15. The van der Waals surface area contributed by atoms with E-state index in [1.54, 1.807) is 0 Å². The topological polar surface area (TPSA) is 89.6 Å². The maximum atomic E-state index is 12.1. The maximum absolute atomic E-state index is 12.1. The fourth-order valence-corrected chi connectivity index (χ4v) is 2.25. The fourth-order valence-electron chi connectivity index (χ4n) is 2.25. The number of benzene rings is 1. The third-order valence-electron chi connectivity index (χ3n) is 3.69. The first kappa shape index (κ1) is 15.2. The minimum absolute atomic E-state index is 0.147. The molecule has 1 aromatic carbocycles. The van der Waals surface area contributed by atoms with E-state index < -0.39 is 6.10 Å². The zero-order chi connectivity index (χ0) is 16.2. The predicted molar refractivity (Wildman–Crippen MR) is 83.3 cm³/mol. The van der Waals surface area contributed by atoms with Crippen LogP contribution in [0.15, 0.2) is 40.3 Å². The van der Waals surface area contributed by atoms with Crippen molar-refractivity contribution in [2.24, 2.45) is 11.1 Å². The molecule has 3 rings (SSSR count). The van der Waals surface area contributed by atoms with Gasteiger partial charge >= 0.3 is 0 Å². The van der Waals surface area contributed by atoms with Gasteiger partial charge in [0.05, 0.1) is 5.71 Å². The van der Waals surface area contributed by atoms with Crippen LogP contribution in [0.2, 0.25) is 0 Å². The Morgan fingerprint density at radius 2 is 2.13 bits per heavy atom. The van der Waals surface area contributed by atoms with Gasteiger partial charge in [0.2, 0.25) is 18.3 Å². The minimum atomic E-state index is -0.522. The summed E-state index contributed by atoms with van der Waals surface area (Å²) in [5, 5.41) is 10.6. The summed E-state index contributed by atoms with van der Waals surface area (Å²) in [5.74, 6) is 0.690. The highest BCUT2D eigenvalue weighted by atomic mass is 16.6. The van der Waals surface area contributed by atoms with E-state index in [9.17, 15) is 4.79 Å². The van der Waals surface area contributed by atoms with Crippen molar-refractivity contribution >= 4 is 11.6 Å². The van der Waals surface area contributed by atoms with Crippen LogP contribution in [0, 0.1) is 5.92 Å². The summed E-state index contributed by atoms with van der Waals surface area (Å²) in [5.41, 5.74) is 2.77. The van der Waals surface area contributed by atoms with Crippen molar-refractivity contribution in [2.45, 2.75) is 32.9 Å². The number of nitrogens with zero attached hydrogens (tertiary/aromatic N) is 3. The fraction of sp³-hybridized carbons (Fsp3) is 0.375. The molecule has 0 saturated carbocycles. The Morgan fingerprint density at radius 3 is 2.74 bits per heavy atom. The second kappa shape index (κ2) is 6.60. The van der Waals surface area contributed by atoms with E-state index in [4.69, 9.17) is 9.36 Å². The van der Waals surface area contributed by atoms with Gasteiger partial charge in [-0.05, 0) is 11.5 Å². The van der Waals surface area contributed by atoms with E-state index in [2.05, 4.69) is 20.6 Å². The van der Waals surface area contributed by atoms with Crippen LogP contribution in [-0.4, -0.2) is 27.9 Å². The highest BCUT2D eigenvalue weighted by Gasteiger charge is 2.28. The van der Waals surface area contributed by atoms with Gasteiger partial charge < -0.3 is 14.7 Å². The van der Waals surface area contributed by atoms with E-state index in [1.165, 1.54) is 6.39 Å². The second-order valence-electron chi connectivity index (χ2n) is 5.71. The molecule has 7 nitrogen and oxygen atoms in total. The Kier molecular flexibility index (Phi) is 4.36. The molecule has 0 radical (unpaired) electrons. The number of hydrogen-bond donors (Lipinski definition) is 1. The molecule has 0 aliphatic carbocycles. The van der Waals surface area contributed by atoms with Crippen molar-refractivity contribution in [3.63, 3.8) is 0 Å². The molecule has 0 spiro atoms. The molecule has 0 unspecified atom stereocenters. The zero-order valence-corrected chi connectivity index (χ0v) is 13.0. The number of hydrogen-bond acceptors (Lipinski definition) is 6. The maximum Gasteiger partial charge on any atom is 0.264 e. The first-order valence-corrected chi connectivity index (χ1v) is 7.49. The summed E-state index contributed by atoms with van der Waals surface area (Å²) < 4.78 is 4.72. The van der Waals surface area contributed by atoms with Crippen molar-refractivity contribution in [1.82, 2.24) is 15.5 Å². The number of rotatable bonds is 5. The van der Waals surface area contributed by atoms with E-state index >= 15 is 0 Å². The molecule has 7 heteroatoms. The molecule has 0 bridgehead atoms. The molecule has 2 heterocycles. The molecule has 1 amide bonds. The number of oxime groups is 1. The number of carbonyl (C=O) groups is 1. The molecule has 1 aliphatic rings. The number of nitrogens with one attached hydrogen (secondary N) is 1. The number of amides is 1. The molecule has 0 saturated heterocycles. The quantitative estimate of drug-likeness (QED) is 0.913. The monoisotopic (exact) mass is 314 g/mol. The summed E-state index contributed by atoms with van der Waals surface area (Å²) in [6.45, 7) is 4.50. The van der Waals surface area contributed by atoms with Gasteiger partial charge in [-0.3, -0.25) is 4.79 Å². The lowest BCUT2D eigenvalue weighted by Gasteiger charge is -2.10. The standard InChI is InChI=1S/C16H18N4O3/c1-10(2)13-7-14(23-19-13)16(21)17-8-11-3-5-12(6-4-11)15-18-9-22-20-15/h3-6,9-10,14H,7-8H2,1-2H3,(H,17,21)/t14-/m0/s1. The molecule has 23 heavy (non-hydrogen) atoms. The molecule has 2 aromatic rings. The summed E-state index contributed by atoms with van der Waals surface area (Å²) >= 11 is 0. The van der Waals surface area contributed by atoms with Gasteiger partial charge in [-0.1, -0.05) is 48.4 Å². The van der Waals surface area contributed by atoms with E-state index in [1.807, 2.05) is 38.1 Å². The Hall–Kier alpha value is -2.70. The normalized spacial score (nSPS) is 17.0. The second-order valence-corrected chi connectivity index (χ2v) is 5.71. The third-order valence-corrected chi connectivity index (χ3v) is 3.69. The number of carbonyl (C=O) groups excluding carboxylic acids is 1. The van der Waals surface area contributed by atoms with E-state index in [-0.39, 0.29) is 5.91 Å². The average molecular weight is 314 g/mol. The van der Waals surface area contributed by atoms with Crippen LogP contribution >= 0.6 is 0 Å². The van der Waals surface area contributed by atoms with Crippen molar-refractivity contribution in [2.75, 3.05) is 0 Å². The van der Waals surface area contributed by atoms with Crippen LogP contribution in [-0.2, 0) is 16.2 Å². The van der Waals surface area contributed by atoms with Crippen molar-refractivity contribution in [3.8, 4) is 11.4 Å². The van der Waals surface area contributed by atoms with E-state index in [0.717, 1.165) is 16.8 Å². The molecular weight excluding hydrogens is 296 g/mol. The first-order chi connectivity index (χ1) is 11.1. The van der Waals surface area contributed by atoms with Crippen LogP contribution in [0.4, 0.5) is 0 Å². The minimum Gasteiger partial charge on any atom is -0.382 e. The molecule has 1 aliphatic heterocycles. The highest BCUT2D eigenvalue weighted by Crippen LogP contribution is 2.17.